The monoisotopic (exact) mass is 263 g/mol. The summed E-state index contributed by atoms with van der Waals surface area (Å²) in [6.45, 7) is 8.32. The highest BCUT2D eigenvalue weighted by molar-refractivity contribution is 7.17. The number of hydrogen-bond acceptors (Lipinski definition) is 3. The zero-order chi connectivity index (χ0) is 13.5. The van der Waals surface area contributed by atoms with E-state index in [9.17, 15) is 4.79 Å². The van der Waals surface area contributed by atoms with Crippen molar-refractivity contribution in [2.75, 3.05) is 0 Å². The molecular formula is C13H17N3OS. The van der Waals surface area contributed by atoms with Crippen LogP contribution in [0.15, 0.2) is 12.1 Å². The Morgan fingerprint density at radius 1 is 1.39 bits per heavy atom. The minimum Gasteiger partial charge on any atom is -0.365 e. The molecule has 0 aliphatic heterocycles. The second-order valence-electron chi connectivity index (χ2n) is 5.34. The van der Waals surface area contributed by atoms with Crippen molar-refractivity contribution in [3.05, 3.63) is 28.5 Å². The van der Waals surface area contributed by atoms with Crippen molar-refractivity contribution in [3.63, 3.8) is 0 Å². The topological polar surface area (TPSA) is 71.8 Å². The van der Waals surface area contributed by atoms with Crippen LogP contribution in [0.2, 0.25) is 0 Å². The summed E-state index contributed by atoms with van der Waals surface area (Å²) < 4.78 is 0. The van der Waals surface area contributed by atoms with Gasteiger partial charge in [0.1, 0.15) is 11.5 Å². The number of nitrogens with two attached hydrogens (primary N) is 1. The molecule has 0 saturated carbocycles. The Kier molecular flexibility index (Phi) is 3.02. The Morgan fingerprint density at radius 2 is 2.06 bits per heavy atom. The molecular weight excluding hydrogens is 246 g/mol. The van der Waals surface area contributed by atoms with Crippen molar-refractivity contribution < 1.29 is 4.79 Å². The Labute approximate surface area is 110 Å². The maximum Gasteiger partial charge on any atom is 0.258 e. The van der Waals surface area contributed by atoms with E-state index in [1.54, 1.807) is 6.07 Å². The number of rotatable bonds is 2. The van der Waals surface area contributed by atoms with Gasteiger partial charge in [-0.1, -0.05) is 20.8 Å². The van der Waals surface area contributed by atoms with Crippen LogP contribution >= 0.6 is 11.3 Å². The summed E-state index contributed by atoms with van der Waals surface area (Å²) in [6.07, 6.45) is 0. The van der Waals surface area contributed by atoms with Crippen LogP contribution in [0.3, 0.4) is 0 Å². The number of H-pyrrole nitrogens is 1. The zero-order valence-electron chi connectivity index (χ0n) is 11.0. The fraction of sp³-hybridized carbons (Fsp3) is 0.385. The quantitative estimate of drug-likeness (QED) is 0.874. The fourth-order valence-corrected chi connectivity index (χ4v) is 2.56. The highest BCUT2D eigenvalue weighted by Crippen LogP contribution is 2.31. The molecule has 0 bridgehead atoms. The number of carbonyl (C=O) groups excluding carboxylic acids is 1. The maximum absolute atomic E-state index is 11.1. The molecule has 0 saturated heterocycles. The Balaban J connectivity index is 2.44. The standard InChI is InChI=1S/C13H17N3OS/c1-7-10(16-12(15-7)13(2,3)4)8-5-6-9(18-8)11(14)17/h5-6H,1-4H3,(H2,14,17)(H,15,16). The lowest BCUT2D eigenvalue weighted by Gasteiger charge is -2.13. The van der Waals surface area contributed by atoms with E-state index < -0.39 is 5.91 Å². The SMILES string of the molecule is Cc1[nH]c(C(C)(C)C)nc1-c1ccc(C(N)=O)s1. The number of primary amides is 1. The molecule has 0 fully saturated rings. The summed E-state index contributed by atoms with van der Waals surface area (Å²) in [4.78, 5) is 20.6. The fourth-order valence-electron chi connectivity index (χ4n) is 1.65. The molecule has 0 aliphatic carbocycles. The van der Waals surface area contributed by atoms with Gasteiger partial charge in [-0.05, 0) is 19.1 Å². The average molecular weight is 263 g/mol. The highest BCUT2D eigenvalue weighted by Gasteiger charge is 2.21. The van der Waals surface area contributed by atoms with Gasteiger partial charge in [-0.25, -0.2) is 4.98 Å². The highest BCUT2D eigenvalue weighted by atomic mass is 32.1. The predicted octanol–water partition coefficient (Wildman–Crippen LogP) is 2.84. The first kappa shape index (κ1) is 12.8. The molecule has 2 rings (SSSR count). The number of thiophene rings is 1. The number of nitrogens with zero attached hydrogens (tertiary/aromatic N) is 1. The zero-order valence-corrected chi connectivity index (χ0v) is 11.8. The number of aromatic nitrogens is 2. The lowest BCUT2D eigenvalue weighted by Crippen LogP contribution is -2.13. The van der Waals surface area contributed by atoms with Gasteiger partial charge in [-0.2, -0.15) is 0 Å². The van der Waals surface area contributed by atoms with Crippen molar-refractivity contribution in [1.29, 1.82) is 0 Å². The largest absolute Gasteiger partial charge is 0.365 e. The second-order valence-corrected chi connectivity index (χ2v) is 6.42. The van der Waals surface area contributed by atoms with Crippen molar-refractivity contribution >= 4 is 17.2 Å². The van der Waals surface area contributed by atoms with E-state index in [1.165, 1.54) is 11.3 Å². The van der Waals surface area contributed by atoms with Crippen LogP contribution in [-0.4, -0.2) is 15.9 Å². The van der Waals surface area contributed by atoms with Gasteiger partial charge in [0.25, 0.3) is 5.91 Å². The molecule has 0 aliphatic rings. The summed E-state index contributed by atoms with van der Waals surface area (Å²) in [6, 6.07) is 3.63. The number of aryl methyl sites for hydroxylation is 1. The third-order valence-corrected chi connectivity index (χ3v) is 3.78. The van der Waals surface area contributed by atoms with Gasteiger partial charge in [0, 0.05) is 11.1 Å². The van der Waals surface area contributed by atoms with Crippen LogP contribution in [0.25, 0.3) is 10.6 Å². The molecule has 3 N–H and O–H groups in total. The summed E-state index contributed by atoms with van der Waals surface area (Å²) in [5.74, 6) is 0.555. The third-order valence-electron chi connectivity index (χ3n) is 2.68. The number of aromatic amines is 1. The first-order valence-corrected chi connectivity index (χ1v) is 6.58. The molecule has 2 aromatic heterocycles. The molecule has 0 atom stereocenters. The minimum absolute atomic E-state index is 0.0210. The van der Waals surface area contributed by atoms with Gasteiger partial charge < -0.3 is 10.7 Å². The summed E-state index contributed by atoms with van der Waals surface area (Å²) in [7, 11) is 0. The van der Waals surface area contributed by atoms with Crippen LogP contribution in [0.5, 0.6) is 0 Å². The molecule has 18 heavy (non-hydrogen) atoms. The van der Waals surface area contributed by atoms with Gasteiger partial charge in [-0.15, -0.1) is 11.3 Å². The van der Waals surface area contributed by atoms with Gasteiger partial charge in [-0.3, -0.25) is 4.79 Å². The number of hydrogen-bond donors (Lipinski definition) is 2. The van der Waals surface area contributed by atoms with E-state index in [0.29, 0.717) is 4.88 Å². The van der Waals surface area contributed by atoms with Crippen LogP contribution in [0.1, 0.15) is 42.0 Å². The van der Waals surface area contributed by atoms with Crippen LogP contribution < -0.4 is 5.73 Å². The first-order chi connectivity index (χ1) is 8.29. The second kappa shape index (κ2) is 4.24. The molecule has 2 aromatic rings. The molecule has 1 amide bonds. The molecule has 4 nitrogen and oxygen atoms in total. The van der Waals surface area contributed by atoms with Crippen LogP contribution in [-0.2, 0) is 5.41 Å². The Bertz CT molecular complexity index is 590. The van der Waals surface area contributed by atoms with Crippen LogP contribution in [0, 0.1) is 6.92 Å². The van der Waals surface area contributed by atoms with E-state index in [-0.39, 0.29) is 5.41 Å². The smallest absolute Gasteiger partial charge is 0.258 e. The molecule has 5 heteroatoms. The van der Waals surface area contributed by atoms with E-state index in [2.05, 4.69) is 30.7 Å². The summed E-state index contributed by atoms with van der Waals surface area (Å²) in [5.41, 5.74) is 7.15. The van der Waals surface area contributed by atoms with E-state index in [4.69, 9.17) is 5.73 Å². The van der Waals surface area contributed by atoms with Crippen molar-refractivity contribution in [3.8, 4) is 10.6 Å². The van der Waals surface area contributed by atoms with Gasteiger partial charge >= 0.3 is 0 Å². The van der Waals surface area contributed by atoms with Gasteiger partial charge in [0.05, 0.1) is 9.75 Å². The lowest BCUT2D eigenvalue weighted by molar-refractivity contribution is 0.100. The summed E-state index contributed by atoms with van der Waals surface area (Å²) >= 11 is 1.38. The molecule has 96 valence electrons. The lowest BCUT2D eigenvalue weighted by atomic mass is 9.96. The number of carbonyl (C=O) groups is 1. The number of nitrogens with one attached hydrogen (secondary N) is 1. The van der Waals surface area contributed by atoms with E-state index in [1.807, 2.05) is 13.0 Å². The molecule has 0 radical (unpaired) electrons. The first-order valence-electron chi connectivity index (χ1n) is 5.76. The van der Waals surface area contributed by atoms with E-state index >= 15 is 0 Å². The predicted molar refractivity (Wildman–Crippen MR) is 73.9 cm³/mol. The van der Waals surface area contributed by atoms with Crippen molar-refractivity contribution in [1.82, 2.24) is 9.97 Å². The normalized spacial score (nSPS) is 11.8. The molecule has 0 spiro atoms. The van der Waals surface area contributed by atoms with E-state index in [0.717, 1.165) is 22.1 Å². The van der Waals surface area contributed by atoms with Gasteiger partial charge in [0.2, 0.25) is 0 Å². The van der Waals surface area contributed by atoms with Crippen molar-refractivity contribution in [2.45, 2.75) is 33.1 Å². The third kappa shape index (κ3) is 2.31. The number of amides is 1. The maximum atomic E-state index is 11.1. The molecule has 2 heterocycles. The average Bonchev–Trinajstić information content (AvgIpc) is 2.81. The van der Waals surface area contributed by atoms with Crippen molar-refractivity contribution in [2.24, 2.45) is 5.73 Å². The minimum atomic E-state index is -0.393. The Hall–Kier alpha value is -1.62. The number of imidazole rings is 1. The molecule has 0 aromatic carbocycles. The summed E-state index contributed by atoms with van der Waals surface area (Å²) in [5, 5.41) is 0. The van der Waals surface area contributed by atoms with Gasteiger partial charge in [0.15, 0.2) is 0 Å². The molecule has 0 unspecified atom stereocenters. The Morgan fingerprint density at radius 3 is 2.50 bits per heavy atom. The van der Waals surface area contributed by atoms with Crippen LogP contribution in [0.4, 0.5) is 0 Å².